The molecule has 0 amide bonds. The standard InChI is InChI=1S/C32H36N4O3/c1-20-28(29(31(37)38)39-32(2,3)4)30(35-24-14-9-15-25(35)17-16-24)36-27(33-20)19-26(34-36)23-13-8-12-22(18-23)21-10-6-5-7-11-21/h5-8,10-13,18-19,24-25,29H,9,14-17H2,1-4H3,(H,37,38)/t24?,25?,29-/m0/s1. The van der Waals surface area contributed by atoms with Gasteiger partial charge in [0.1, 0.15) is 5.82 Å². The van der Waals surface area contributed by atoms with Crippen molar-refractivity contribution in [1.29, 1.82) is 0 Å². The van der Waals surface area contributed by atoms with Crippen LogP contribution in [0.3, 0.4) is 0 Å². The first-order chi connectivity index (χ1) is 18.7. The first-order valence-electron chi connectivity index (χ1n) is 13.9. The zero-order valence-corrected chi connectivity index (χ0v) is 23.1. The molecule has 202 valence electrons. The zero-order valence-electron chi connectivity index (χ0n) is 23.1. The van der Waals surface area contributed by atoms with Gasteiger partial charge in [0.2, 0.25) is 0 Å². The second-order valence-corrected chi connectivity index (χ2v) is 11.9. The van der Waals surface area contributed by atoms with Gasteiger partial charge in [-0.15, -0.1) is 0 Å². The molecule has 0 radical (unpaired) electrons. The van der Waals surface area contributed by atoms with Crippen LogP contribution in [0, 0.1) is 6.92 Å². The number of piperidine rings is 1. The van der Waals surface area contributed by atoms with Gasteiger partial charge in [0.05, 0.1) is 16.9 Å². The van der Waals surface area contributed by atoms with Crippen LogP contribution in [-0.2, 0) is 9.53 Å². The van der Waals surface area contributed by atoms with Crippen molar-refractivity contribution in [3.05, 3.63) is 71.9 Å². The minimum atomic E-state index is -1.15. The fourth-order valence-corrected chi connectivity index (χ4v) is 6.35. The van der Waals surface area contributed by atoms with E-state index >= 15 is 0 Å². The number of nitrogens with zero attached hydrogens (tertiary/aromatic N) is 4. The highest BCUT2D eigenvalue weighted by Gasteiger charge is 2.42. The molecule has 4 heterocycles. The molecule has 2 aromatic carbocycles. The Balaban J connectivity index is 1.55. The summed E-state index contributed by atoms with van der Waals surface area (Å²) in [6.45, 7) is 7.57. The van der Waals surface area contributed by atoms with Crippen LogP contribution < -0.4 is 4.90 Å². The van der Waals surface area contributed by atoms with E-state index in [1.54, 1.807) is 0 Å². The van der Waals surface area contributed by atoms with Crippen LogP contribution in [0.25, 0.3) is 28.0 Å². The number of benzene rings is 2. The number of fused-ring (bicyclic) bond motifs is 3. The van der Waals surface area contributed by atoms with Crippen molar-refractivity contribution >= 4 is 17.4 Å². The number of carbonyl (C=O) groups is 1. The van der Waals surface area contributed by atoms with Crippen LogP contribution in [-0.4, -0.2) is 43.4 Å². The number of anilines is 1. The van der Waals surface area contributed by atoms with E-state index in [1.807, 2.05) is 56.5 Å². The van der Waals surface area contributed by atoms with Crippen LogP contribution in [0.5, 0.6) is 0 Å². The average Bonchev–Trinajstić information content (AvgIpc) is 3.43. The number of aliphatic carboxylic acids is 1. The summed E-state index contributed by atoms with van der Waals surface area (Å²) in [4.78, 5) is 20.0. The Bertz CT molecular complexity index is 1510. The van der Waals surface area contributed by atoms with E-state index in [0.717, 1.165) is 59.5 Å². The minimum Gasteiger partial charge on any atom is -0.479 e. The van der Waals surface area contributed by atoms with Crippen LogP contribution in [0.15, 0.2) is 60.7 Å². The smallest absolute Gasteiger partial charge is 0.337 e. The molecule has 39 heavy (non-hydrogen) atoms. The molecule has 0 aliphatic carbocycles. The quantitative estimate of drug-likeness (QED) is 0.298. The first kappa shape index (κ1) is 25.6. The Morgan fingerprint density at radius 3 is 2.28 bits per heavy atom. The molecule has 7 heteroatoms. The molecule has 2 fully saturated rings. The van der Waals surface area contributed by atoms with Gasteiger partial charge in [-0.1, -0.05) is 48.5 Å². The SMILES string of the molecule is Cc1nc2cc(-c3cccc(-c4ccccc4)c3)nn2c(N2C3CCCC2CC3)c1[C@H](OC(C)(C)C)C(=O)O. The summed E-state index contributed by atoms with van der Waals surface area (Å²) < 4.78 is 8.07. The third-order valence-electron chi connectivity index (χ3n) is 7.97. The summed E-state index contributed by atoms with van der Waals surface area (Å²) in [5, 5.41) is 15.5. The lowest BCUT2D eigenvalue weighted by molar-refractivity contribution is -0.160. The Labute approximate surface area is 229 Å². The number of ether oxygens (including phenoxy) is 1. The van der Waals surface area contributed by atoms with Gasteiger partial charge in [-0.2, -0.15) is 9.61 Å². The van der Waals surface area contributed by atoms with E-state index in [9.17, 15) is 9.90 Å². The highest BCUT2D eigenvalue weighted by Crippen LogP contribution is 2.44. The number of hydrogen-bond acceptors (Lipinski definition) is 5. The molecular formula is C32H36N4O3. The van der Waals surface area contributed by atoms with Crippen molar-refractivity contribution in [2.24, 2.45) is 0 Å². The van der Waals surface area contributed by atoms with Gasteiger partial charge in [0, 0.05) is 29.4 Å². The maximum absolute atomic E-state index is 12.7. The lowest BCUT2D eigenvalue weighted by Crippen LogP contribution is -2.42. The molecule has 0 spiro atoms. The molecule has 2 unspecified atom stereocenters. The number of carboxylic acids is 1. The van der Waals surface area contributed by atoms with Gasteiger partial charge in [-0.05, 0) is 77.0 Å². The molecular weight excluding hydrogens is 488 g/mol. The Morgan fingerprint density at radius 2 is 1.62 bits per heavy atom. The fraction of sp³-hybridized carbons (Fsp3) is 0.406. The van der Waals surface area contributed by atoms with Gasteiger partial charge in [0.15, 0.2) is 11.8 Å². The summed E-state index contributed by atoms with van der Waals surface area (Å²) in [5.41, 5.74) is 5.43. The summed E-state index contributed by atoms with van der Waals surface area (Å²) in [5.74, 6) is -0.186. The van der Waals surface area contributed by atoms with Gasteiger partial charge in [0.25, 0.3) is 0 Å². The van der Waals surface area contributed by atoms with Crippen LogP contribution in [0.1, 0.15) is 70.2 Å². The Kier molecular flexibility index (Phi) is 6.42. The zero-order chi connectivity index (χ0) is 27.3. The summed E-state index contributed by atoms with van der Waals surface area (Å²) in [7, 11) is 0. The number of aromatic nitrogens is 3. The average molecular weight is 525 g/mol. The van der Waals surface area contributed by atoms with E-state index in [4.69, 9.17) is 14.8 Å². The Hall–Kier alpha value is -3.71. The lowest BCUT2D eigenvalue weighted by atomic mass is 9.99. The summed E-state index contributed by atoms with van der Waals surface area (Å²) >= 11 is 0. The maximum Gasteiger partial charge on any atom is 0.337 e. The third kappa shape index (κ3) is 4.80. The molecule has 4 aromatic rings. The maximum atomic E-state index is 12.7. The lowest BCUT2D eigenvalue weighted by Gasteiger charge is -2.39. The summed E-state index contributed by atoms with van der Waals surface area (Å²) in [6.07, 6.45) is 4.47. The van der Waals surface area contributed by atoms with Gasteiger partial charge < -0.3 is 14.7 Å². The predicted octanol–water partition coefficient (Wildman–Crippen LogP) is 6.83. The van der Waals surface area contributed by atoms with E-state index in [-0.39, 0.29) is 0 Å². The van der Waals surface area contributed by atoms with Crippen molar-refractivity contribution in [2.45, 2.75) is 83.6 Å². The van der Waals surface area contributed by atoms with Crippen LogP contribution in [0.4, 0.5) is 5.82 Å². The van der Waals surface area contributed by atoms with Crippen LogP contribution in [0.2, 0.25) is 0 Å². The van der Waals surface area contributed by atoms with Crippen LogP contribution >= 0.6 is 0 Å². The first-order valence-corrected chi connectivity index (χ1v) is 13.9. The van der Waals surface area contributed by atoms with E-state index in [0.29, 0.717) is 23.3 Å². The number of aryl methyl sites for hydroxylation is 1. The summed E-state index contributed by atoms with van der Waals surface area (Å²) in [6, 6.07) is 21.4. The molecule has 0 saturated carbocycles. The molecule has 2 saturated heterocycles. The van der Waals surface area contributed by atoms with Crippen molar-refractivity contribution < 1.29 is 14.6 Å². The molecule has 7 nitrogen and oxygen atoms in total. The fourth-order valence-electron chi connectivity index (χ4n) is 6.35. The normalized spacial score (nSPS) is 19.9. The third-order valence-corrected chi connectivity index (χ3v) is 7.97. The monoisotopic (exact) mass is 524 g/mol. The van der Waals surface area contributed by atoms with Gasteiger partial charge in [-0.25, -0.2) is 9.78 Å². The topological polar surface area (TPSA) is 80.0 Å². The highest BCUT2D eigenvalue weighted by atomic mass is 16.5. The van der Waals surface area contributed by atoms with Gasteiger partial charge >= 0.3 is 5.97 Å². The molecule has 2 aromatic heterocycles. The number of rotatable bonds is 6. The molecule has 3 atom stereocenters. The predicted molar refractivity (Wildman–Crippen MR) is 153 cm³/mol. The minimum absolute atomic E-state index is 0.366. The molecule has 2 aliphatic rings. The van der Waals surface area contributed by atoms with E-state index in [2.05, 4.69) is 41.3 Å². The number of carboxylic acid groups (broad SMARTS) is 1. The molecule has 6 rings (SSSR count). The molecule has 1 N–H and O–H groups in total. The largest absolute Gasteiger partial charge is 0.479 e. The van der Waals surface area contributed by atoms with Gasteiger partial charge in [-0.3, -0.25) is 0 Å². The van der Waals surface area contributed by atoms with E-state index in [1.165, 1.54) is 6.42 Å². The number of hydrogen-bond donors (Lipinski definition) is 1. The highest BCUT2D eigenvalue weighted by molar-refractivity contribution is 5.79. The second kappa shape index (κ2) is 9.79. The van der Waals surface area contributed by atoms with Crippen molar-refractivity contribution in [3.8, 4) is 22.4 Å². The van der Waals surface area contributed by atoms with Crippen molar-refractivity contribution in [2.75, 3.05) is 4.90 Å². The van der Waals surface area contributed by atoms with Crippen molar-refractivity contribution in [3.63, 3.8) is 0 Å². The molecule has 2 bridgehead atoms. The second-order valence-electron chi connectivity index (χ2n) is 11.9. The van der Waals surface area contributed by atoms with E-state index < -0.39 is 17.7 Å². The molecule has 2 aliphatic heterocycles. The Morgan fingerprint density at radius 1 is 0.949 bits per heavy atom. The van der Waals surface area contributed by atoms with Crippen molar-refractivity contribution in [1.82, 2.24) is 14.6 Å².